The Kier molecular flexibility index (Phi) is 2.68. The van der Waals surface area contributed by atoms with Crippen molar-refractivity contribution >= 4 is 11.8 Å². The maximum atomic E-state index is 11.0. The Morgan fingerprint density at radius 2 is 1.90 bits per heavy atom. The van der Waals surface area contributed by atoms with Crippen LogP contribution in [0.5, 0.6) is 0 Å². The first-order valence-electron chi connectivity index (χ1n) is 3.05. The van der Waals surface area contributed by atoms with E-state index in [1.54, 1.807) is 6.92 Å². The molecule has 0 radical (unpaired) electrons. The van der Waals surface area contributed by atoms with Gasteiger partial charge in [0.05, 0.1) is 20.4 Å². The number of quaternary nitrogens is 1. The molecule has 0 rings (SSSR count). The van der Waals surface area contributed by atoms with Crippen molar-refractivity contribution in [2.75, 3.05) is 7.05 Å². The van der Waals surface area contributed by atoms with E-state index in [0.29, 0.717) is 0 Å². The monoisotopic (exact) mass is 145 g/mol. The third-order valence-corrected chi connectivity index (χ3v) is 1.38. The predicted octanol–water partition coefficient (Wildman–Crippen LogP) is 0.414. The molecule has 0 saturated carbocycles. The zero-order valence-corrected chi connectivity index (χ0v) is 6.38. The maximum Gasteiger partial charge on any atom is 0.320 e. The van der Waals surface area contributed by atoms with Crippen LogP contribution in [0.4, 0.5) is 0 Å². The highest BCUT2D eigenvalue weighted by molar-refractivity contribution is 5.83. The van der Waals surface area contributed by atoms with Crippen LogP contribution in [-0.4, -0.2) is 23.5 Å². The molecule has 0 saturated heterocycles. The first kappa shape index (κ1) is 9.26. The number of nitrogens with zero attached hydrogens (tertiary/aromatic N) is 1. The summed E-state index contributed by atoms with van der Waals surface area (Å²) in [5.41, 5.74) is 0. The van der Waals surface area contributed by atoms with Crippen molar-refractivity contribution in [3.63, 3.8) is 0 Å². The van der Waals surface area contributed by atoms with Crippen LogP contribution in [0.25, 0.3) is 0 Å². The zero-order chi connectivity index (χ0) is 8.36. The van der Waals surface area contributed by atoms with Crippen LogP contribution in [0, 0.1) is 5.21 Å². The number of hydrogen-bond donors (Lipinski definition) is 0. The van der Waals surface area contributed by atoms with E-state index in [-0.39, 0.29) is 6.42 Å². The second-order valence-electron chi connectivity index (χ2n) is 2.19. The second kappa shape index (κ2) is 2.90. The van der Waals surface area contributed by atoms with Gasteiger partial charge >= 0.3 is 11.8 Å². The largest absolute Gasteiger partial charge is 0.618 e. The van der Waals surface area contributed by atoms with Crippen molar-refractivity contribution in [2.45, 2.75) is 20.3 Å². The summed E-state index contributed by atoms with van der Waals surface area (Å²) < 4.78 is -1.39. The highest BCUT2D eigenvalue weighted by Crippen LogP contribution is 2.03. The summed E-state index contributed by atoms with van der Waals surface area (Å²) in [5.74, 6) is -1.28. The summed E-state index contributed by atoms with van der Waals surface area (Å²) in [6.07, 6.45) is 0.0968. The lowest BCUT2D eigenvalue weighted by atomic mass is 10.4. The fraction of sp³-hybridized carbons (Fsp3) is 0.667. The topological polar surface area (TPSA) is 57.2 Å². The fourth-order valence-electron chi connectivity index (χ4n) is 0.477. The Hall–Kier alpha value is -0.740. The van der Waals surface area contributed by atoms with Crippen LogP contribution in [0.2, 0.25) is 0 Å². The minimum atomic E-state index is -1.39. The number of hydroxylamine groups is 3. The molecule has 0 N–H and O–H groups in total. The first-order chi connectivity index (χ1) is 4.42. The number of hydrogen-bond acceptors (Lipinski definition) is 3. The summed E-state index contributed by atoms with van der Waals surface area (Å²) in [7, 11) is 1.05. The van der Waals surface area contributed by atoms with Gasteiger partial charge in [-0.1, -0.05) is 6.92 Å². The molecule has 4 nitrogen and oxygen atoms in total. The average Bonchev–Trinajstić information content (AvgIpc) is 1.86. The molecule has 4 heteroatoms. The zero-order valence-electron chi connectivity index (χ0n) is 6.38. The summed E-state index contributed by atoms with van der Waals surface area (Å²) >= 11 is 0. The lowest BCUT2D eigenvalue weighted by molar-refractivity contribution is -0.702. The molecule has 0 aliphatic rings. The van der Waals surface area contributed by atoms with Gasteiger partial charge < -0.3 is 5.21 Å². The number of carbonyl (C=O) groups is 2. The summed E-state index contributed by atoms with van der Waals surface area (Å²) in [5, 5.41) is 11.0. The van der Waals surface area contributed by atoms with Crippen molar-refractivity contribution in [1.82, 2.24) is 0 Å². The third kappa shape index (κ3) is 1.62. The van der Waals surface area contributed by atoms with Gasteiger partial charge in [-0.15, -0.1) is 0 Å². The van der Waals surface area contributed by atoms with Crippen LogP contribution < -0.4 is 0 Å². The molecule has 0 aromatic rings. The molecule has 0 aliphatic heterocycles. The molecular weight excluding hydrogens is 134 g/mol. The van der Waals surface area contributed by atoms with Crippen LogP contribution in [-0.2, 0) is 9.59 Å². The van der Waals surface area contributed by atoms with Crippen LogP contribution in [0.1, 0.15) is 20.3 Å². The van der Waals surface area contributed by atoms with Crippen molar-refractivity contribution in [2.24, 2.45) is 0 Å². The quantitative estimate of drug-likeness (QED) is 0.396. The average molecular weight is 145 g/mol. The molecule has 0 aromatic carbocycles. The number of amides is 2. The molecule has 10 heavy (non-hydrogen) atoms. The van der Waals surface area contributed by atoms with Gasteiger partial charge in [-0.3, -0.25) is 0 Å². The normalized spacial score (nSPS) is 16.0. The van der Waals surface area contributed by atoms with E-state index >= 15 is 0 Å². The fourth-order valence-corrected chi connectivity index (χ4v) is 0.477. The number of carbonyl (C=O) groups excluding carboxylic acids is 2. The van der Waals surface area contributed by atoms with Crippen molar-refractivity contribution in [1.29, 1.82) is 0 Å². The Morgan fingerprint density at radius 1 is 1.50 bits per heavy atom. The van der Waals surface area contributed by atoms with E-state index < -0.39 is 16.5 Å². The molecule has 0 aliphatic carbocycles. The molecule has 0 heterocycles. The van der Waals surface area contributed by atoms with Gasteiger partial charge in [0, 0.05) is 0 Å². The van der Waals surface area contributed by atoms with E-state index in [1.807, 2.05) is 0 Å². The second-order valence-corrected chi connectivity index (χ2v) is 2.19. The SMILES string of the molecule is CCC(=O)[N+](C)([O-])C(C)=O. The molecule has 0 spiro atoms. The third-order valence-electron chi connectivity index (χ3n) is 1.38. The lowest BCUT2D eigenvalue weighted by Crippen LogP contribution is -2.47. The Morgan fingerprint density at radius 3 is 2.00 bits per heavy atom. The summed E-state index contributed by atoms with van der Waals surface area (Å²) in [6, 6.07) is 0. The molecular formula is C6H11NO3. The minimum Gasteiger partial charge on any atom is -0.618 e. The minimum absolute atomic E-state index is 0.0968. The van der Waals surface area contributed by atoms with E-state index in [0.717, 1.165) is 14.0 Å². The van der Waals surface area contributed by atoms with Crippen LogP contribution in [0.15, 0.2) is 0 Å². The van der Waals surface area contributed by atoms with Crippen LogP contribution in [0.3, 0.4) is 0 Å². The smallest absolute Gasteiger partial charge is 0.320 e. The van der Waals surface area contributed by atoms with Crippen LogP contribution >= 0.6 is 0 Å². The Balaban J connectivity index is 4.40. The number of rotatable bonds is 1. The van der Waals surface area contributed by atoms with Gasteiger partial charge in [0.1, 0.15) is 0 Å². The van der Waals surface area contributed by atoms with E-state index in [4.69, 9.17) is 0 Å². The summed E-state index contributed by atoms with van der Waals surface area (Å²) in [6.45, 7) is 2.67. The number of imide groups is 1. The van der Waals surface area contributed by atoms with Crippen molar-refractivity contribution in [3.8, 4) is 0 Å². The van der Waals surface area contributed by atoms with E-state index in [9.17, 15) is 14.8 Å². The molecule has 0 bridgehead atoms. The summed E-state index contributed by atoms with van der Waals surface area (Å²) in [4.78, 5) is 21.2. The molecule has 1 atom stereocenters. The highest BCUT2D eigenvalue weighted by atomic mass is 16.6. The molecule has 0 aromatic heterocycles. The highest BCUT2D eigenvalue weighted by Gasteiger charge is 2.25. The lowest BCUT2D eigenvalue weighted by Gasteiger charge is -2.30. The standard InChI is InChI=1S/C6H11NO3/c1-4-6(9)7(3,10)5(2)8/h4H2,1-3H3. The predicted molar refractivity (Wildman–Crippen MR) is 35.5 cm³/mol. The maximum absolute atomic E-state index is 11.0. The Bertz CT molecular complexity index is 162. The van der Waals surface area contributed by atoms with Crippen molar-refractivity contribution < 1.29 is 14.2 Å². The van der Waals surface area contributed by atoms with E-state index in [2.05, 4.69) is 0 Å². The molecule has 0 fully saturated rings. The first-order valence-corrected chi connectivity index (χ1v) is 3.05. The van der Waals surface area contributed by atoms with Crippen molar-refractivity contribution in [3.05, 3.63) is 5.21 Å². The Labute approximate surface area is 59.6 Å². The van der Waals surface area contributed by atoms with Gasteiger partial charge in [0.15, 0.2) is 0 Å². The van der Waals surface area contributed by atoms with E-state index in [1.165, 1.54) is 0 Å². The molecule has 1 unspecified atom stereocenters. The van der Waals surface area contributed by atoms with Gasteiger partial charge in [0.25, 0.3) is 0 Å². The van der Waals surface area contributed by atoms with Gasteiger partial charge in [-0.25, -0.2) is 14.2 Å². The van der Waals surface area contributed by atoms with Gasteiger partial charge in [-0.2, -0.15) is 0 Å². The van der Waals surface area contributed by atoms with Gasteiger partial charge in [0.2, 0.25) is 0 Å². The molecule has 2 amide bonds. The van der Waals surface area contributed by atoms with Gasteiger partial charge in [-0.05, 0) is 0 Å². The molecule has 58 valence electrons.